The van der Waals surface area contributed by atoms with Crippen molar-refractivity contribution < 1.29 is 4.79 Å². The van der Waals surface area contributed by atoms with Crippen LogP contribution in [0.25, 0.3) is 10.8 Å². The number of benzene rings is 2. The van der Waals surface area contributed by atoms with Crippen LogP contribution in [0.2, 0.25) is 0 Å². The molecule has 2 aromatic rings. The van der Waals surface area contributed by atoms with Gasteiger partial charge in [0.2, 0.25) is 5.91 Å². The smallest absolute Gasteiger partial charge is 0.226 e. The molecule has 120 valence electrons. The average molecular weight is 308 g/mol. The molecule has 4 rings (SSSR count). The van der Waals surface area contributed by atoms with Crippen LogP contribution in [0.5, 0.6) is 0 Å². The summed E-state index contributed by atoms with van der Waals surface area (Å²) in [6.07, 6.45) is 2.32. The van der Waals surface area contributed by atoms with Gasteiger partial charge in [-0.3, -0.25) is 4.79 Å². The Kier molecular flexibility index (Phi) is 3.82. The molecule has 0 spiro atoms. The predicted octanol–water partition coefficient (Wildman–Crippen LogP) is 3.19. The fourth-order valence-electron chi connectivity index (χ4n) is 3.43. The van der Waals surface area contributed by atoms with Gasteiger partial charge in [-0.15, -0.1) is 0 Å². The van der Waals surface area contributed by atoms with Crippen molar-refractivity contribution in [2.75, 3.05) is 13.1 Å². The number of amides is 1. The molecule has 23 heavy (non-hydrogen) atoms. The SMILES string of the molecule is CC(C(=O)N(Cc1ccc2ccccc2c1)C1CC1)C1CNC1. The molecule has 1 saturated carbocycles. The highest BCUT2D eigenvalue weighted by Crippen LogP contribution is 2.32. The lowest BCUT2D eigenvalue weighted by Gasteiger charge is -2.35. The van der Waals surface area contributed by atoms with Crippen LogP contribution in [-0.4, -0.2) is 29.9 Å². The monoisotopic (exact) mass is 308 g/mol. The molecule has 1 atom stereocenters. The van der Waals surface area contributed by atoms with Crippen molar-refractivity contribution in [3.8, 4) is 0 Å². The van der Waals surface area contributed by atoms with Crippen molar-refractivity contribution >= 4 is 16.7 Å². The number of hydrogen-bond donors (Lipinski definition) is 1. The van der Waals surface area contributed by atoms with E-state index in [1.165, 1.54) is 16.3 Å². The quantitative estimate of drug-likeness (QED) is 0.920. The summed E-state index contributed by atoms with van der Waals surface area (Å²) in [5, 5.41) is 5.79. The molecule has 1 unspecified atom stereocenters. The summed E-state index contributed by atoms with van der Waals surface area (Å²) in [6.45, 7) is 4.82. The first-order chi connectivity index (χ1) is 11.2. The molecular weight excluding hydrogens is 284 g/mol. The second-order valence-corrected chi connectivity index (χ2v) is 7.09. The van der Waals surface area contributed by atoms with Gasteiger partial charge < -0.3 is 10.2 Å². The molecule has 1 aliphatic carbocycles. The van der Waals surface area contributed by atoms with E-state index in [-0.39, 0.29) is 5.92 Å². The first kappa shape index (κ1) is 14.7. The number of carbonyl (C=O) groups is 1. The van der Waals surface area contributed by atoms with Crippen molar-refractivity contribution in [1.82, 2.24) is 10.2 Å². The second-order valence-electron chi connectivity index (χ2n) is 7.09. The first-order valence-electron chi connectivity index (χ1n) is 8.71. The van der Waals surface area contributed by atoms with E-state index in [0.29, 0.717) is 17.9 Å². The highest BCUT2D eigenvalue weighted by molar-refractivity contribution is 5.83. The zero-order valence-electron chi connectivity index (χ0n) is 13.7. The largest absolute Gasteiger partial charge is 0.335 e. The summed E-state index contributed by atoms with van der Waals surface area (Å²) in [5.74, 6) is 0.991. The highest BCUT2D eigenvalue weighted by atomic mass is 16.2. The second kappa shape index (κ2) is 5.97. The molecule has 2 fully saturated rings. The minimum absolute atomic E-state index is 0.136. The summed E-state index contributed by atoms with van der Waals surface area (Å²) >= 11 is 0. The lowest BCUT2D eigenvalue weighted by molar-refractivity contribution is -0.138. The Morgan fingerprint density at radius 1 is 1.17 bits per heavy atom. The fraction of sp³-hybridized carbons (Fsp3) is 0.450. The predicted molar refractivity (Wildman–Crippen MR) is 93.0 cm³/mol. The molecule has 1 aliphatic heterocycles. The summed E-state index contributed by atoms with van der Waals surface area (Å²) < 4.78 is 0. The number of nitrogens with one attached hydrogen (secondary N) is 1. The molecule has 0 bridgehead atoms. The average Bonchev–Trinajstić information content (AvgIpc) is 3.35. The Balaban J connectivity index is 1.54. The molecule has 1 amide bonds. The summed E-state index contributed by atoms with van der Waals surface area (Å²) in [5.41, 5.74) is 1.24. The van der Waals surface area contributed by atoms with E-state index < -0.39 is 0 Å². The van der Waals surface area contributed by atoms with Gasteiger partial charge in [0.25, 0.3) is 0 Å². The maximum atomic E-state index is 12.9. The van der Waals surface area contributed by atoms with Crippen LogP contribution < -0.4 is 5.32 Å². The van der Waals surface area contributed by atoms with E-state index in [1.54, 1.807) is 0 Å². The third kappa shape index (κ3) is 2.98. The molecule has 0 aromatic heterocycles. The molecule has 2 aliphatic rings. The topological polar surface area (TPSA) is 32.3 Å². The maximum Gasteiger partial charge on any atom is 0.226 e. The van der Waals surface area contributed by atoms with Crippen molar-refractivity contribution in [2.45, 2.75) is 32.4 Å². The zero-order valence-corrected chi connectivity index (χ0v) is 13.7. The lowest BCUT2D eigenvalue weighted by Crippen LogP contribution is -2.50. The first-order valence-corrected chi connectivity index (χ1v) is 8.71. The molecule has 3 heteroatoms. The van der Waals surface area contributed by atoms with E-state index in [4.69, 9.17) is 0 Å². The van der Waals surface area contributed by atoms with Gasteiger partial charge in [0.1, 0.15) is 0 Å². The van der Waals surface area contributed by atoms with Gasteiger partial charge in [-0.2, -0.15) is 0 Å². The molecule has 1 heterocycles. The van der Waals surface area contributed by atoms with Crippen molar-refractivity contribution in [3.05, 3.63) is 48.0 Å². The Morgan fingerprint density at radius 3 is 2.57 bits per heavy atom. The normalized spacial score (nSPS) is 19.3. The number of rotatable bonds is 5. The summed E-state index contributed by atoms with van der Waals surface area (Å²) in [7, 11) is 0. The summed E-state index contributed by atoms with van der Waals surface area (Å²) in [4.78, 5) is 15.1. The molecule has 2 aromatic carbocycles. The Labute approximate surface area is 137 Å². The van der Waals surface area contributed by atoms with Crippen LogP contribution in [0.15, 0.2) is 42.5 Å². The Morgan fingerprint density at radius 2 is 1.91 bits per heavy atom. The van der Waals surface area contributed by atoms with E-state index >= 15 is 0 Å². The Bertz CT molecular complexity index is 718. The number of fused-ring (bicyclic) bond motifs is 1. The zero-order chi connectivity index (χ0) is 15.8. The number of nitrogens with zero attached hydrogens (tertiary/aromatic N) is 1. The third-order valence-electron chi connectivity index (χ3n) is 5.35. The van der Waals surface area contributed by atoms with Crippen molar-refractivity contribution in [1.29, 1.82) is 0 Å². The van der Waals surface area contributed by atoms with E-state index in [1.807, 2.05) is 0 Å². The van der Waals surface area contributed by atoms with Crippen LogP contribution in [0.3, 0.4) is 0 Å². The van der Waals surface area contributed by atoms with Crippen LogP contribution in [-0.2, 0) is 11.3 Å². The van der Waals surface area contributed by atoms with Crippen LogP contribution >= 0.6 is 0 Å². The van der Waals surface area contributed by atoms with Crippen molar-refractivity contribution in [2.24, 2.45) is 11.8 Å². The minimum atomic E-state index is 0.136. The Hall–Kier alpha value is -1.87. The standard InChI is InChI=1S/C20H24N2O/c1-14(18-11-21-12-18)20(23)22(19-8-9-19)13-15-6-7-16-4-2-3-5-17(16)10-15/h2-7,10,14,18-19,21H,8-9,11-13H2,1H3. The van der Waals surface area contributed by atoms with Gasteiger partial charge in [-0.05, 0) is 54.3 Å². The molecule has 1 N–H and O–H groups in total. The van der Waals surface area contributed by atoms with E-state index in [0.717, 1.165) is 32.5 Å². The van der Waals surface area contributed by atoms with Crippen molar-refractivity contribution in [3.63, 3.8) is 0 Å². The summed E-state index contributed by atoms with van der Waals surface area (Å²) in [6, 6.07) is 15.4. The number of hydrogen-bond acceptors (Lipinski definition) is 2. The van der Waals surface area contributed by atoms with Gasteiger partial charge in [0.05, 0.1) is 0 Å². The van der Waals surface area contributed by atoms with Crippen LogP contribution in [0.1, 0.15) is 25.3 Å². The molecule has 3 nitrogen and oxygen atoms in total. The van der Waals surface area contributed by atoms with Gasteiger partial charge in [-0.1, -0.05) is 43.3 Å². The minimum Gasteiger partial charge on any atom is -0.335 e. The molecule has 1 saturated heterocycles. The molecule has 0 radical (unpaired) electrons. The van der Waals surface area contributed by atoms with Gasteiger partial charge >= 0.3 is 0 Å². The fourth-order valence-corrected chi connectivity index (χ4v) is 3.43. The van der Waals surface area contributed by atoms with E-state index in [2.05, 4.69) is 59.6 Å². The van der Waals surface area contributed by atoms with Gasteiger partial charge in [0.15, 0.2) is 0 Å². The highest BCUT2D eigenvalue weighted by Gasteiger charge is 2.38. The molecular formula is C20H24N2O. The third-order valence-corrected chi connectivity index (χ3v) is 5.35. The van der Waals surface area contributed by atoms with Gasteiger partial charge in [-0.25, -0.2) is 0 Å². The van der Waals surface area contributed by atoms with E-state index in [9.17, 15) is 4.79 Å². The number of carbonyl (C=O) groups excluding carboxylic acids is 1. The van der Waals surface area contributed by atoms with Crippen LogP contribution in [0, 0.1) is 11.8 Å². The van der Waals surface area contributed by atoms with Crippen LogP contribution in [0.4, 0.5) is 0 Å². The lowest BCUT2D eigenvalue weighted by atomic mass is 9.87. The maximum absolute atomic E-state index is 12.9. The van der Waals surface area contributed by atoms with Gasteiger partial charge in [0, 0.05) is 18.5 Å².